The molecular weight excluding hydrogens is 402 g/mol. The van der Waals surface area contributed by atoms with Gasteiger partial charge in [-0.05, 0) is 16.7 Å². The molecule has 4 rings (SSSR count). The molecule has 1 saturated heterocycles. The van der Waals surface area contributed by atoms with Gasteiger partial charge in [0.15, 0.2) is 11.1 Å². The Morgan fingerprint density at radius 1 is 1.00 bits per heavy atom. The van der Waals surface area contributed by atoms with E-state index in [-0.39, 0.29) is 11.3 Å². The van der Waals surface area contributed by atoms with Gasteiger partial charge in [-0.1, -0.05) is 54.6 Å². The number of rotatable bonds is 6. The SMILES string of the molecule is O=c1c(N2CCOCC2)c(-c2ccc(CS(=O)O)cc2)cnn1Cc1ccccc1. The Hall–Kier alpha value is -2.81. The van der Waals surface area contributed by atoms with Crippen LogP contribution >= 0.6 is 0 Å². The Balaban J connectivity index is 1.74. The highest BCUT2D eigenvalue weighted by Gasteiger charge is 2.21. The zero-order valence-corrected chi connectivity index (χ0v) is 17.3. The van der Waals surface area contributed by atoms with Crippen LogP contribution < -0.4 is 10.5 Å². The average molecular weight is 426 g/mol. The van der Waals surface area contributed by atoms with Crippen LogP contribution in [0, 0.1) is 0 Å². The number of benzene rings is 2. The predicted octanol–water partition coefficient (Wildman–Crippen LogP) is 2.52. The highest BCUT2D eigenvalue weighted by molar-refractivity contribution is 7.78. The lowest BCUT2D eigenvalue weighted by atomic mass is 10.0. The van der Waals surface area contributed by atoms with Crippen molar-refractivity contribution in [3.63, 3.8) is 0 Å². The lowest BCUT2D eigenvalue weighted by Crippen LogP contribution is -2.41. The zero-order valence-electron chi connectivity index (χ0n) is 16.4. The lowest BCUT2D eigenvalue weighted by Gasteiger charge is -2.30. The molecule has 1 atom stereocenters. The van der Waals surface area contributed by atoms with Crippen molar-refractivity contribution in [1.29, 1.82) is 0 Å². The summed E-state index contributed by atoms with van der Waals surface area (Å²) in [6.45, 7) is 2.82. The monoisotopic (exact) mass is 425 g/mol. The molecule has 1 fully saturated rings. The molecule has 1 N–H and O–H groups in total. The lowest BCUT2D eigenvalue weighted by molar-refractivity contribution is 0.122. The highest BCUT2D eigenvalue weighted by atomic mass is 32.2. The summed E-state index contributed by atoms with van der Waals surface area (Å²) in [5.74, 6) is 0.0769. The molecule has 2 heterocycles. The van der Waals surface area contributed by atoms with Gasteiger partial charge in [-0.3, -0.25) is 4.79 Å². The number of hydrogen-bond acceptors (Lipinski definition) is 5. The van der Waals surface area contributed by atoms with Crippen LogP contribution in [-0.4, -0.2) is 44.8 Å². The number of aromatic nitrogens is 2. The molecule has 7 nitrogen and oxygen atoms in total. The van der Waals surface area contributed by atoms with Crippen LogP contribution in [0.25, 0.3) is 11.1 Å². The second kappa shape index (κ2) is 9.34. The minimum atomic E-state index is -1.89. The maximum absolute atomic E-state index is 13.4. The molecule has 3 aromatic rings. The number of ether oxygens (including phenoxy) is 1. The number of hydrogen-bond donors (Lipinski definition) is 1. The molecule has 1 aliphatic rings. The summed E-state index contributed by atoms with van der Waals surface area (Å²) < 4.78 is 27.1. The van der Waals surface area contributed by atoms with Crippen molar-refractivity contribution in [2.24, 2.45) is 0 Å². The fraction of sp³-hybridized carbons (Fsp3) is 0.273. The third-order valence-electron chi connectivity index (χ3n) is 5.08. The van der Waals surface area contributed by atoms with E-state index < -0.39 is 11.1 Å². The van der Waals surface area contributed by atoms with Crippen LogP contribution in [0.15, 0.2) is 65.6 Å². The molecule has 1 aromatic heterocycles. The van der Waals surface area contributed by atoms with E-state index in [1.165, 1.54) is 4.68 Å². The van der Waals surface area contributed by atoms with Gasteiger partial charge in [-0.25, -0.2) is 8.89 Å². The number of anilines is 1. The van der Waals surface area contributed by atoms with E-state index in [1.54, 1.807) is 6.20 Å². The van der Waals surface area contributed by atoms with Crippen molar-refractivity contribution >= 4 is 16.8 Å². The van der Waals surface area contributed by atoms with Crippen molar-refractivity contribution in [3.05, 3.63) is 82.3 Å². The summed E-state index contributed by atoms with van der Waals surface area (Å²) in [6.07, 6.45) is 1.73. The molecular formula is C22H23N3O4S. The standard InChI is InChI=1S/C22H23N3O4S/c26-22-21(24-10-12-29-13-11-24)20(19-8-6-18(7-9-19)16-30(27)28)14-23-25(22)15-17-4-2-1-3-5-17/h1-9,14H,10-13,15-16H2,(H,27,28). The number of nitrogens with zero attached hydrogens (tertiary/aromatic N) is 3. The Kier molecular flexibility index (Phi) is 6.37. The average Bonchev–Trinajstić information content (AvgIpc) is 2.76. The van der Waals surface area contributed by atoms with Crippen molar-refractivity contribution in [2.75, 3.05) is 31.2 Å². The topological polar surface area (TPSA) is 84.7 Å². The predicted molar refractivity (Wildman–Crippen MR) is 117 cm³/mol. The van der Waals surface area contributed by atoms with Gasteiger partial charge in [-0.15, -0.1) is 0 Å². The first-order chi connectivity index (χ1) is 14.6. The Labute approximate surface area is 177 Å². The third-order valence-corrected chi connectivity index (χ3v) is 5.66. The van der Waals surface area contributed by atoms with Crippen LogP contribution in [0.1, 0.15) is 11.1 Å². The van der Waals surface area contributed by atoms with Gasteiger partial charge in [0.1, 0.15) is 5.69 Å². The molecule has 156 valence electrons. The van der Waals surface area contributed by atoms with E-state index >= 15 is 0 Å². The fourth-order valence-electron chi connectivity index (χ4n) is 3.57. The van der Waals surface area contributed by atoms with Gasteiger partial charge < -0.3 is 14.2 Å². The van der Waals surface area contributed by atoms with Crippen molar-refractivity contribution in [3.8, 4) is 11.1 Å². The molecule has 1 aliphatic heterocycles. The van der Waals surface area contributed by atoms with Crippen molar-refractivity contribution in [2.45, 2.75) is 12.3 Å². The first-order valence-corrected chi connectivity index (χ1v) is 11.0. The summed E-state index contributed by atoms with van der Waals surface area (Å²) in [7, 11) is 0. The van der Waals surface area contributed by atoms with Crippen LogP contribution in [0.4, 0.5) is 5.69 Å². The Bertz CT molecular complexity index is 1080. The second-order valence-electron chi connectivity index (χ2n) is 7.12. The zero-order chi connectivity index (χ0) is 20.9. The van der Waals surface area contributed by atoms with E-state index in [0.29, 0.717) is 38.5 Å². The third kappa shape index (κ3) is 4.67. The maximum atomic E-state index is 13.4. The summed E-state index contributed by atoms with van der Waals surface area (Å²) in [6, 6.07) is 17.1. The van der Waals surface area contributed by atoms with Gasteiger partial charge in [-0.2, -0.15) is 5.10 Å². The highest BCUT2D eigenvalue weighted by Crippen LogP contribution is 2.28. The molecule has 0 saturated carbocycles. The maximum Gasteiger partial charge on any atom is 0.291 e. The minimum Gasteiger partial charge on any atom is -0.378 e. The van der Waals surface area contributed by atoms with E-state index in [0.717, 1.165) is 22.3 Å². The van der Waals surface area contributed by atoms with Crippen LogP contribution in [-0.2, 0) is 28.1 Å². The van der Waals surface area contributed by atoms with Crippen molar-refractivity contribution < 1.29 is 13.5 Å². The van der Waals surface area contributed by atoms with E-state index in [2.05, 4.69) is 10.00 Å². The van der Waals surface area contributed by atoms with Crippen LogP contribution in [0.5, 0.6) is 0 Å². The molecule has 8 heteroatoms. The van der Waals surface area contributed by atoms with Gasteiger partial charge in [0.25, 0.3) is 5.56 Å². The normalized spacial score (nSPS) is 15.2. The molecule has 0 radical (unpaired) electrons. The van der Waals surface area contributed by atoms with Gasteiger partial charge in [0, 0.05) is 18.7 Å². The summed E-state index contributed by atoms with van der Waals surface area (Å²) in [5, 5.41) is 4.43. The molecule has 0 spiro atoms. The van der Waals surface area contributed by atoms with E-state index in [9.17, 15) is 9.00 Å². The molecule has 30 heavy (non-hydrogen) atoms. The largest absolute Gasteiger partial charge is 0.378 e. The first kappa shape index (κ1) is 20.5. The van der Waals surface area contributed by atoms with Gasteiger partial charge in [0.05, 0.1) is 31.7 Å². The summed E-state index contributed by atoms with van der Waals surface area (Å²) >= 11 is -1.89. The fourth-order valence-corrected chi connectivity index (χ4v) is 4.05. The van der Waals surface area contributed by atoms with E-state index in [1.807, 2.05) is 54.6 Å². The molecule has 0 amide bonds. The quantitative estimate of drug-likeness (QED) is 0.611. The van der Waals surface area contributed by atoms with Crippen LogP contribution in [0.3, 0.4) is 0 Å². The smallest absolute Gasteiger partial charge is 0.291 e. The number of morpholine rings is 1. The minimum absolute atomic E-state index is 0.0769. The Morgan fingerprint density at radius 2 is 1.70 bits per heavy atom. The van der Waals surface area contributed by atoms with Gasteiger partial charge in [0.2, 0.25) is 0 Å². The van der Waals surface area contributed by atoms with Gasteiger partial charge >= 0.3 is 0 Å². The second-order valence-corrected chi connectivity index (χ2v) is 8.05. The first-order valence-electron chi connectivity index (χ1n) is 9.75. The molecule has 0 bridgehead atoms. The molecule has 0 aliphatic carbocycles. The summed E-state index contributed by atoms with van der Waals surface area (Å²) in [4.78, 5) is 15.5. The Morgan fingerprint density at radius 3 is 2.37 bits per heavy atom. The molecule has 1 unspecified atom stereocenters. The van der Waals surface area contributed by atoms with Crippen molar-refractivity contribution in [1.82, 2.24) is 9.78 Å². The molecule has 2 aromatic carbocycles. The van der Waals surface area contributed by atoms with E-state index in [4.69, 9.17) is 9.29 Å². The summed E-state index contributed by atoms with van der Waals surface area (Å²) in [5.41, 5.74) is 3.84. The van der Waals surface area contributed by atoms with Crippen LogP contribution in [0.2, 0.25) is 0 Å².